The molecule has 0 N–H and O–H groups in total. The number of hydrogen-bond acceptors (Lipinski definition) is 5. The van der Waals surface area contributed by atoms with Gasteiger partial charge in [-0.25, -0.2) is 9.48 Å². The maximum Gasteiger partial charge on any atom is 0.346 e. The van der Waals surface area contributed by atoms with E-state index in [1.807, 2.05) is 36.4 Å². The first-order chi connectivity index (χ1) is 14.6. The van der Waals surface area contributed by atoms with Gasteiger partial charge < -0.3 is 9.42 Å². The number of aromatic nitrogens is 4. The molecule has 8 heteroatoms. The number of carbonyl (C=O) groups is 1. The van der Waals surface area contributed by atoms with Gasteiger partial charge in [0.1, 0.15) is 23.8 Å². The fraction of sp³-hybridized carbons (Fsp3) is 0.455. The molecule has 0 aliphatic carbocycles. The number of carbonyl (C=O) groups excluding carboxylic acids is 1. The van der Waals surface area contributed by atoms with E-state index in [2.05, 4.69) is 10.3 Å². The van der Waals surface area contributed by atoms with E-state index in [9.17, 15) is 9.59 Å². The predicted molar refractivity (Wildman–Crippen MR) is 112 cm³/mol. The van der Waals surface area contributed by atoms with Gasteiger partial charge in [-0.05, 0) is 19.3 Å². The van der Waals surface area contributed by atoms with Crippen LogP contribution in [0.4, 0.5) is 0 Å². The summed E-state index contributed by atoms with van der Waals surface area (Å²) in [5.74, 6) is 1.48. The summed E-state index contributed by atoms with van der Waals surface area (Å²) in [7, 11) is 1.75. The van der Waals surface area contributed by atoms with Crippen molar-refractivity contribution in [3.05, 3.63) is 58.5 Å². The van der Waals surface area contributed by atoms with E-state index in [-0.39, 0.29) is 18.1 Å². The third-order valence-corrected chi connectivity index (χ3v) is 5.54. The molecule has 158 valence electrons. The van der Waals surface area contributed by atoms with E-state index in [4.69, 9.17) is 4.52 Å². The molecule has 1 aliphatic rings. The third kappa shape index (κ3) is 4.53. The van der Waals surface area contributed by atoms with Crippen LogP contribution in [0.1, 0.15) is 37.3 Å². The monoisotopic (exact) mass is 409 g/mol. The lowest BCUT2D eigenvalue weighted by atomic mass is 10.1. The van der Waals surface area contributed by atoms with Crippen molar-refractivity contribution in [2.24, 2.45) is 0 Å². The molecule has 3 aromatic rings. The highest BCUT2D eigenvalue weighted by molar-refractivity contribution is 5.75. The van der Waals surface area contributed by atoms with Crippen LogP contribution in [0, 0.1) is 0 Å². The molecule has 1 aromatic carbocycles. The van der Waals surface area contributed by atoms with Crippen LogP contribution in [-0.4, -0.2) is 43.9 Å². The number of nitrogens with zero attached hydrogens (tertiary/aromatic N) is 5. The van der Waals surface area contributed by atoms with Crippen molar-refractivity contribution in [2.45, 2.75) is 51.6 Å². The van der Waals surface area contributed by atoms with Gasteiger partial charge in [-0.15, -0.1) is 0 Å². The molecule has 1 amide bonds. The van der Waals surface area contributed by atoms with Gasteiger partial charge >= 0.3 is 5.69 Å². The highest BCUT2D eigenvalue weighted by Gasteiger charge is 2.18. The van der Waals surface area contributed by atoms with Crippen LogP contribution in [-0.2, 0) is 30.7 Å². The SMILES string of the molecule is CN(CCCc1cc(-c2ccccc2)no1)C(=O)Cn1nc2n(c1=O)CCCCC2. The quantitative estimate of drug-likeness (QED) is 0.599. The zero-order valence-electron chi connectivity index (χ0n) is 17.3. The van der Waals surface area contributed by atoms with Crippen molar-refractivity contribution in [2.75, 3.05) is 13.6 Å². The summed E-state index contributed by atoms with van der Waals surface area (Å²) in [6.07, 6.45) is 5.38. The molecular weight excluding hydrogens is 382 g/mol. The second-order valence-corrected chi connectivity index (χ2v) is 7.78. The minimum Gasteiger partial charge on any atom is -0.361 e. The Labute approximate surface area is 175 Å². The standard InChI is InChI=1S/C22H27N5O3/c1-25(13-8-11-18-15-19(24-30-18)17-9-4-2-5-10-17)21(28)16-27-22(29)26-14-7-3-6-12-20(26)23-27/h2,4-5,9-10,15H,3,6-8,11-14,16H2,1H3. The second-order valence-electron chi connectivity index (χ2n) is 7.78. The molecule has 4 rings (SSSR count). The number of amides is 1. The first-order valence-electron chi connectivity index (χ1n) is 10.5. The van der Waals surface area contributed by atoms with Gasteiger partial charge in [-0.2, -0.15) is 5.10 Å². The van der Waals surface area contributed by atoms with E-state index in [1.165, 1.54) is 4.68 Å². The maximum atomic E-state index is 12.6. The Morgan fingerprint density at radius 3 is 2.87 bits per heavy atom. The first kappa shape index (κ1) is 20.1. The maximum absolute atomic E-state index is 12.6. The summed E-state index contributed by atoms with van der Waals surface area (Å²) < 4.78 is 8.44. The van der Waals surface area contributed by atoms with Crippen LogP contribution in [0.25, 0.3) is 11.3 Å². The number of benzene rings is 1. The number of hydrogen-bond donors (Lipinski definition) is 0. The van der Waals surface area contributed by atoms with Crippen LogP contribution >= 0.6 is 0 Å². The van der Waals surface area contributed by atoms with E-state index < -0.39 is 0 Å². The molecule has 30 heavy (non-hydrogen) atoms. The Hall–Kier alpha value is -3.16. The molecule has 0 saturated heterocycles. The Balaban J connectivity index is 1.29. The normalized spacial score (nSPS) is 13.6. The molecule has 0 fully saturated rings. The Morgan fingerprint density at radius 2 is 2.03 bits per heavy atom. The Bertz CT molecular complexity index is 1050. The van der Waals surface area contributed by atoms with Gasteiger partial charge in [0.2, 0.25) is 5.91 Å². The van der Waals surface area contributed by atoms with E-state index in [0.29, 0.717) is 19.5 Å². The summed E-state index contributed by atoms with van der Waals surface area (Å²) in [5.41, 5.74) is 1.65. The topological polar surface area (TPSA) is 86.2 Å². The van der Waals surface area contributed by atoms with Crippen LogP contribution in [0.15, 0.2) is 45.7 Å². The van der Waals surface area contributed by atoms with E-state index >= 15 is 0 Å². The fourth-order valence-electron chi connectivity index (χ4n) is 3.77. The third-order valence-electron chi connectivity index (χ3n) is 5.54. The minimum atomic E-state index is -0.177. The lowest BCUT2D eigenvalue weighted by Crippen LogP contribution is -2.35. The van der Waals surface area contributed by atoms with Gasteiger partial charge in [-0.3, -0.25) is 9.36 Å². The second kappa shape index (κ2) is 9.11. The van der Waals surface area contributed by atoms with Crippen LogP contribution in [0.3, 0.4) is 0 Å². The summed E-state index contributed by atoms with van der Waals surface area (Å²) >= 11 is 0. The average Bonchev–Trinajstić information content (AvgIpc) is 3.25. The van der Waals surface area contributed by atoms with Crippen molar-refractivity contribution in [1.82, 2.24) is 24.4 Å². The fourth-order valence-corrected chi connectivity index (χ4v) is 3.77. The smallest absolute Gasteiger partial charge is 0.346 e. The number of rotatable bonds is 7. The van der Waals surface area contributed by atoms with Gasteiger partial charge in [-0.1, -0.05) is 41.9 Å². The van der Waals surface area contributed by atoms with Gasteiger partial charge in [0, 0.05) is 44.6 Å². The molecule has 8 nitrogen and oxygen atoms in total. The van der Waals surface area contributed by atoms with Crippen molar-refractivity contribution < 1.29 is 9.32 Å². The van der Waals surface area contributed by atoms with Gasteiger partial charge in [0.25, 0.3) is 0 Å². The number of likely N-dealkylation sites (N-methyl/N-ethyl adjacent to an activating group) is 1. The minimum absolute atomic E-state index is 0.0181. The van der Waals surface area contributed by atoms with Crippen LogP contribution in [0.2, 0.25) is 0 Å². The summed E-state index contributed by atoms with van der Waals surface area (Å²) in [4.78, 5) is 26.7. The predicted octanol–water partition coefficient (Wildman–Crippen LogP) is 2.52. The summed E-state index contributed by atoms with van der Waals surface area (Å²) in [6.45, 7) is 1.25. The molecular formula is C22H27N5O3. The molecule has 0 bridgehead atoms. The van der Waals surface area contributed by atoms with Crippen molar-refractivity contribution >= 4 is 5.91 Å². The molecule has 0 saturated carbocycles. The number of fused-ring (bicyclic) bond motifs is 1. The summed E-state index contributed by atoms with van der Waals surface area (Å²) in [5, 5.41) is 8.51. The van der Waals surface area contributed by atoms with Crippen LogP contribution < -0.4 is 5.69 Å². The Morgan fingerprint density at radius 1 is 1.20 bits per heavy atom. The summed E-state index contributed by atoms with van der Waals surface area (Å²) in [6, 6.07) is 11.8. The van der Waals surface area contributed by atoms with E-state index in [0.717, 1.165) is 54.9 Å². The number of aryl methyl sites for hydroxylation is 2. The van der Waals surface area contributed by atoms with Crippen molar-refractivity contribution in [3.8, 4) is 11.3 Å². The van der Waals surface area contributed by atoms with Crippen molar-refractivity contribution in [3.63, 3.8) is 0 Å². The van der Waals surface area contributed by atoms with Crippen LogP contribution in [0.5, 0.6) is 0 Å². The lowest BCUT2D eigenvalue weighted by molar-refractivity contribution is -0.130. The van der Waals surface area contributed by atoms with E-state index in [1.54, 1.807) is 16.5 Å². The molecule has 1 aliphatic heterocycles. The largest absolute Gasteiger partial charge is 0.361 e. The zero-order valence-corrected chi connectivity index (χ0v) is 17.3. The molecule has 0 spiro atoms. The molecule has 2 aromatic heterocycles. The lowest BCUT2D eigenvalue weighted by Gasteiger charge is -2.16. The zero-order chi connectivity index (χ0) is 20.9. The van der Waals surface area contributed by atoms with Crippen molar-refractivity contribution in [1.29, 1.82) is 0 Å². The molecule has 0 unspecified atom stereocenters. The molecule has 0 atom stereocenters. The highest BCUT2D eigenvalue weighted by atomic mass is 16.5. The molecule has 0 radical (unpaired) electrons. The van der Waals surface area contributed by atoms with Gasteiger partial charge in [0.15, 0.2) is 0 Å². The first-order valence-corrected chi connectivity index (χ1v) is 10.5. The average molecular weight is 409 g/mol. The molecule has 3 heterocycles. The van der Waals surface area contributed by atoms with Gasteiger partial charge in [0.05, 0.1) is 0 Å². The Kier molecular flexibility index (Phi) is 6.11. The highest BCUT2D eigenvalue weighted by Crippen LogP contribution is 2.19.